The number of hydrogen-bond acceptors (Lipinski definition) is 2. The molecule has 0 unspecified atom stereocenters. The molecule has 0 amide bonds. The molecule has 82 valence electrons. The minimum Gasteiger partial charge on any atom is -0.315 e. The summed E-state index contributed by atoms with van der Waals surface area (Å²) in [5, 5.41) is 3.49. The zero-order valence-electron chi connectivity index (χ0n) is 9.84. The van der Waals surface area contributed by atoms with Gasteiger partial charge in [0, 0.05) is 26.2 Å². The number of nitrogens with zero attached hydrogens (tertiary/aromatic N) is 1. The molecule has 0 aliphatic carbocycles. The van der Waals surface area contributed by atoms with Crippen molar-refractivity contribution in [1.82, 2.24) is 10.2 Å². The van der Waals surface area contributed by atoms with E-state index in [0.29, 0.717) is 0 Å². The van der Waals surface area contributed by atoms with Crippen LogP contribution in [-0.2, 0) is 0 Å². The lowest BCUT2D eigenvalue weighted by atomic mass is 10.1. The van der Waals surface area contributed by atoms with Crippen LogP contribution >= 0.6 is 0 Å². The predicted molar refractivity (Wildman–Crippen MR) is 62.5 cm³/mol. The SMILES string of the molecule is CC1=CCCN(CCNCC(C)C)C1. The molecule has 0 aromatic heterocycles. The molecule has 0 radical (unpaired) electrons. The zero-order valence-corrected chi connectivity index (χ0v) is 9.84. The Kier molecular flexibility index (Phi) is 5.20. The summed E-state index contributed by atoms with van der Waals surface area (Å²) in [4.78, 5) is 2.53. The zero-order chi connectivity index (χ0) is 10.4. The highest BCUT2D eigenvalue weighted by Gasteiger charge is 2.08. The average molecular weight is 196 g/mol. The lowest BCUT2D eigenvalue weighted by Crippen LogP contribution is -2.36. The quantitative estimate of drug-likeness (QED) is 0.533. The van der Waals surface area contributed by atoms with Crippen LogP contribution in [0.15, 0.2) is 11.6 Å². The Balaban J connectivity index is 2.04. The molecule has 0 aromatic rings. The second kappa shape index (κ2) is 6.20. The molecule has 1 rings (SSSR count). The Bertz CT molecular complexity index is 185. The maximum absolute atomic E-state index is 3.49. The van der Waals surface area contributed by atoms with Crippen LogP contribution in [-0.4, -0.2) is 37.6 Å². The van der Waals surface area contributed by atoms with Crippen LogP contribution in [0.4, 0.5) is 0 Å². The molecule has 14 heavy (non-hydrogen) atoms. The standard InChI is InChI=1S/C12H24N2/c1-11(2)9-13-6-8-14-7-4-5-12(3)10-14/h5,11,13H,4,6-10H2,1-3H3. The maximum Gasteiger partial charge on any atom is 0.0190 e. The van der Waals surface area contributed by atoms with E-state index in [2.05, 4.69) is 37.1 Å². The molecular weight excluding hydrogens is 172 g/mol. The Labute approximate surface area is 88.4 Å². The second-order valence-corrected chi connectivity index (χ2v) is 4.71. The highest BCUT2D eigenvalue weighted by molar-refractivity contribution is 5.04. The van der Waals surface area contributed by atoms with Gasteiger partial charge in [-0.1, -0.05) is 25.5 Å². The van der Waals surface area contributed by atoms with Gasteiger partial charge in [0.25, 0.3) is 0 Å². The number of nitrogens with one attached hydrogen (secondary N) is 1. The van der Waals surface area contributed by atoms with Crippen molar-refractivity contribution in [1.29, 1.82) is 0 Å². The molecule has 0 saturated carbocycles. The normalized spacial score (nSPS) is 18.7. The summed E-state index contributed by atoms with van der Waals surface area (Å²) >= 11 is 0. The molecule has 1 aliphatic heterocycles. The molecule has 1 N–H and O–H groups in total. The van der Waals surface area contributed by atoms with E-state index in [1.165, 1.54) is 31.6 Å². The molecule has 2 nitrogen and oxygen atoms in total. The van der Waals surface area contributed by atoms with E-state index in [0.717, 1.165) is 19.0 Å². The first-order valence-electron chi connectivity index (χ1n) is 5.77. The van der Waals surface area contributed by atoms with E-state index in [1.54, 1.807) is 0 Å². The van der Waals surface area contributed by atoms with Crippen molar-refractivity contribution in [3.05, 3.63) is 11.6 Å². The van der Waals surface area contributed by atoms with Crippen molar-refractivity contribution in [2.75, 3.05) is 32.7 Å². The minimum absolute atomic E-state index is 0.762. The largest absolute Gasteiger partial charge is 0.315 e. The van der Waals surface area contributed by atoms with E-state index in [4.69, 9.17) is 0 Å². The van der Waals surface area contributed by atoms with Crippen molar-refractivity contribution in [3.63, 3.8) is 0 Å². The molecular formula is C12H24N2. The topological polar surface area (TPSA) is 15.3 Å². The molecule has 2 heteroatoms. The van der Waals surface area contributed by atoms with Gasteiger partial charge in [-0.05, 0) is 25.8 Å². The van der Waals surface area contributed by atoms with E-state index >= 15 is 0 Å². The summed E-state index contributed by atoms with van der Waals surface area (Å²) in [6.07, 6.45) is 3.59. The molecule has 0 saturated heterocycles. The first kappa shape index (κ1) is 11.7. The van der Waals surface area contributed by atoms with Gasteiger partial charge in [0.05, 0.1) is 0 Å². The Morgan fingerprint density at radius 1 is 1.50 bits per heavy atom. The number of hydrogen-bond donors (Lipinski definition) is 1. The van der Waals surface area contributed by atoms with Gasteiger partial charge in [0.2, 0.25) is 0 Å². The van der Waals surface area contributed by atoms with Crippen LogP contribution in [0, 0.1) is 5.92 Å². The monoisotopic (exact) mass is 196 g/mol. The molecule has 0 aromatic carbocycles. The van der Waals surface area contributed by atoms with Gasteiger partial charge < -0.3 is 5.32 Å². The van der Waals surface area contributed by atoms with Crippen LogP contribution in [0.1, 0.15) is 27.2 Å². The second-order valence-electron chi connectivity index (χ2n) is 4.71. The third kappa shape index (κ3) is 4.77. The molecule has 0 spiro atoms. The van der Waals surface area contributed by atoms with Gasteiger partial charge in [-0.2, -0.15) is 0 Å². The van der Waals surface area contributed by atoms with Gasteiger partial charge >= 0.3 is 0 Å². The van der Waals surface area contributed by atoms with Crippen molar-refractivity contribution in [2.45, 2.75) is 27.2 Å². The first-order valence-corrected chi connectivity index (χ1v) is 5.77. The van der Waals surface area contributed by atoms with E-state index in [9.17, 15) is 0 Å². The lowest BCUT2D eigenvalue weighted by molar-refractivity contribution is 0.287. The smallest absolute Gasteiger partial charge is 0.0190 e. The van der Waals surface area contributed by atoms with Crippen molar-refractivity contribution >= 4 is 0 Å². The third-order valence-corrected chi connectivity index (χ3v) is 2.57. The van der Waals surface area contributed by atoms with E-state index < -0.39 is 0 Å². The van der Waals surface area contributed by atoms with Crippen LogP contribution in [0.3, 0.4) is 0 Å². The molecule has 0 bridgehead atoms. The Hall–Kier alpha value is -0.340. The molecule has 0 fully saturated rings. The van der Waals surface area contributed by atoms with Gasteiger partial charge in [-0.25, -0.2) is 0 Å². The summed E-state index contributed by atoms with van der Waals surface area (Å²) in [6, 6.07) is 0. The fourth-order valence-corrected chi connectivity index (χ4v) is 1.81. The summed E-state index contributed by atoms with van der Waals surface area (Å²) in [7, 11) is 0. The van der Waals surface area contributed by atoms with Crippen LogP contribution in [0.25, 0.3) is 0 Å². The summed E-state index contributed by atoms with van der Waals surface area (Å²) in [6.45, 7) is 12.6. The van der Waals surface area contributed by atoms with E-state index in [1.807, 2.05) is 0 Å². The van der Waals surface area contributed by atoms with Gasteiger partial charge in [0.15, 0.2) is 0 Å². The van der Waals surface area contributed by atoms with Crippen LogP contribution in [0.5, 0.6) is 0 Å². The highest BCUT2D eigenvalue weighted by atomic mass is 15.1. The van der Waals surface area contributed by atoms with Crippen molar-refractivity contribution in [2.24, 2.45) is 5.92 Å². The first-order chi connectivity index (χ1) is 6.68. The highest BCUT2D eigenvalue weighted by Crippen LogP contribution is 2.07. The van der Waals surface area contributed by atoms with E-state index in [-0.39, 0.29) is 0 Å². The molecule has 1 heterocycles. The van der Waals surface area contributed by atoms with Gasteiger partial charge in [0.1, 0.15) is 0 Å². The molecule has 0 atom stereocenters. The fourth-order valence-electron chi connectivity index (χ4n) is 1.81. The maximum atomic E-state index is 3.49. The number of rotatable bonds is 5. The Morgan fingerprint density at radius 3 is 2.93 bits per heavy atom. The lowest BCUT2D eigenvalue weighted by Gasteiger charge is -2.26. The molecule has 1 aliphatic rings. The van der Waals surface area contributed by atoms with Crippen molar-refractivity contribution < 1.29 is 0 Å². The van der Waals surface area contributed by atoms with Crippen LogP contribution in [0.2, 0.25) is 0 Å². The third-order valence-electron chi connectivity index (χ3n) is 2.57. The summed E-state index contributed by atoms with van der Waals surface area (Å²) in [5.74, 6) is 0.762. The van der Waals surface area contributed by atoms with Crippen molar-refractivity contribution in [3.8, 4) is 0 Å². The predicted octanol–water partition coefficient (Wildman–Crippen LogP) is 1.88. The average Bonchev–Trinajstić information content (AvgIpc) is 2.12. The van der Waals surface area contributed by atoms with Gasteiger partial charge in [-0.3, -0.25) is 4.90 Å². The van der Waals surface area contributed by atoms with Gasteiger partial charge in [-0.15, -0.1) is 0 Å². The summed E-state index contributed by atoms with van der Waals surface area (Å²) < 4.78 is 0. The van der Waals surface area contributed by atoms with Crippen LogP contribution < -0.4 is 5.32 Å². The Morgan fingerprint density at radius 2 is 2.29 bits per heavy atom. The fraction of sp³-hybridized carbons (Fsp3) is 0.833. The summed E-state index contributed by atoms with van der Waals surface area (Å²) in [5.41, 5.74) is 1.53. The minimum atomic E-state index is 0.762.